The summed E-state index contributed by atoms with van der Waals surface area (Å²) in [6, 6.07) is 10.8. The van der Waals surface area contributed by atoms with Gasteiger partial charge in [-0.05, 0) is 36.4 Å². The van der Waals surface area contributed by atoms with Crippen LogP contribution in [0.15, 0.2) is 53.8 Å². The van der Waals surface area contributed by atoms with Crippen LogP contribution in [0.5, 0.6) is 11.5 Å². The standard InChI is InChI=1S/C21H19F3N4O3S/c1-30-16-7-6-13(9-17(16)31-2)15-10-18(21(22,23)24)28-20(27-15)32-12-19(29)26-11-14-5-3-4-8-25-14/h3-10H,11-12H2,1-2H3,(H,26,29). The Balaban J connectivity index is 1.79. The molecular formula is C21H19F3N4O3S. The number of benzene rings is 1. The Hall–Kier alpha value is -3.34. The fourth-order valence-electron chi connectivity index (χ4n) is 2.65. The number of thioether (sulfide) groups is 1. The molecule has 32 heavy (non-hydrogen) atoms. The molecule has 0 saturated heterocycles. The van der Waals surface area contributed by atoms with E-state index in [4.69, 9.17) is 9.47 Å². The Morgan fingerprint density at radius 1 is 1.06 bits per heavy atom. The molecule has 0 radical (unpaired) electrons. The van der Waals surface area contributed by atoms with Crippen molar-refractivity contribution in [3.8, 4) is 22.8 Å². The molecule has 0 unspecified atom stereocenters. The number of carbonyl (C=O) groups excluding carboxylic acids is 1. The van der Waals surface area contributed by atoms with Gasteiger partial charge in [-0.2, -0.15) is 13.2 Å². The predicted octanol–water partition coefficient (Wildman–Crippen LogP) is 3.98. The summed E-state index contributed by atoms with van der Waals surface area (Å²) in [5.41, 5.74) is -0.00716. The molecule has 168 valence electrons. The lowest BCUT2D eigenvalue weighted by Crippen LogP contribution is -2.25. The Bertz CT molecular complexity index is 1080. The molecule has 1 N–H and O–H groups in total. The van der Waals surface area contributed by atoms with Crippen molar-refractivity contribution < 1.29 is 27.4 Å². The molecule has 2 heterocycles. The second-order valence-electron chi connectivity index (χ2n) is 6.38. The van der Waals surface area contributed by atoms with Crippen molar-refractivity contribution in [1.82, 2.24) is 20.3 Å². The van der Waals surface area contributed by atoms with Crippen LogP contribution in [-0.4, -0.2) is 40.8 Å². The lowest BCUT2D eigenvalue weighted by atomic mass is 10.1. The summed E-state index contributed by atoms with van der Waals surface area (Å²) in [5, 5.41) is 2.49. The lowest BCUT2D eigenvalue weighted by molar-refractivity contribution is -0.141. The van der Waals surface area contributed by atoms with Gasteiger partial charge in [0.15, 0.2) is 16.7 Å². The quantitative estimate of drug-likeness (QED) is 0.399. The number of amides is 1. The molecular weight excluding hydrogens is 445 g/mol. The summed E-state index contributed by atoms with van der Waals surface area (Å²) >= 11 is 0.810. The van der Waals surface area contributed by atoms with Gasteiger partial charge in [-0.15, -0.1) is 0 Å². The van der Waals surface area contributed by atoms with Crippen LogP contribution < -0.4 is 14.8 Å². The van der Waals surface area contributed by atoms with E-state index in [1.54, 1.807) is 36.5 Å². The van der Waals surface area contributed by atoms with E-state index in [2.05, 4.69) is 20.3 Å². The minimum absolute atomic E-state index is 0.0460. The predicted molar refractivity (Wildman–Crippen MR) is 112 cm³/mol. The van der Waals surface area contributed by atoms with Gasteiger partial charge >= 0.3 is 6.18 Å². The topological polar surface area (TPSA) is 86.2 Å². The van der Waals surface area contributed by atoms with Crippen molar-refractivity contribution in [3.05, 3.63) is 60.0 Å². The molecule has 3 aromatic rings. The van der Waals surface area contributed by atoms with Gasteiger partial charge in [0.1, 0.15) is 5.69 Å². The van der Waals surface area contributed by atoms with Gasteiger partial charge in [-0.1, -0.05) is 17.8 Å². The van der Waals surface area contributed by atoms with Crippen molar-refractivity contribution in [2.24, 2.45) is 0 Å². The maximum atomic E-state index is 13.4. The van der Waals surface area contributed by atoms with Crippen LogP contribution in [0.1, 0.15) is 11.4 Å². The molecule has 3 rings (SSSR count). The van der Waals surface area contributed by atoms with Gasteiger partial charge in [0.05, 0.1) is 37.9 Å². The molecule has 0 aliphatic heterocycles. The first-order chi connectivity index (χ1) is 15.3. The number of nitrogens with zero attached hydrogens (tertiary/aromatic N) is 3. The molecule has 0 saturated carbocycles. The van der Waals surface area contributed by atoms with Gasteiger partial charge in [-0.25, -0.2) is 9.97 Å². The first-order valence-electron chi connectivity index (χ1n) is 9.28. The van der Waals surface area contributed by atoms with Crippen LogP contribution in [0.25, 0.3) is 11.3 Å². The summed E-state index contributed by atoms with van der Waals surface area (Å²) in [5.74, 6) is 0.245. The molecule has 1 amide bonds. The maximum absolute atomic E-state index is 13.4. The van der Waals surface area contributed by atoms with Crippen molar-refractivity contribution in [1.29, 1.82) is 0 Å². The van der Waals surface area contributed by atoms with Crippen molar-refractivity contribution in [3.63, 3.8) is 0 Å². The summed E-state index contributed by atoms with van der Waals surface area (Å²) in [6.45, 7) is 0.209. The van der Waals surface area contributed by atoms with E-state index in [-0.39, 0.29) is 29.1 Å². The van der Waals surface area contributed by atoms with Gasteiger partial charge in [0, 0.05) is 11.8 Å². The Morgan fingerprint density at radius 3 is 2.50 bits per heavy atom. The zero-order valence-electron chi connectivity index (χ0n) is 17.1. The van der Waals surface area contributed by atoms with E-state index in [0.29, 0.717) is 22.8 Å². The minimum atomic E-state index is -4.68. The average molecular weight is 464 g/mol. The van der Waals surface area contributed by atoms with E-state index in [1.165, 1.54) is 20.3 Å². The molecule has 1 aromatic carbocycles. The maximum Gasteiger partial charge on any atom is 0.433 e. The van der Waals surface area contributed by atoms with Crippen LogP contribution in [0.4, 0.5) is 13.2 Å². The number of alkyl halides is 3. The normalized spacial score (nSPS) is 11.2. The summed E-state index contributed by atoms with van der Waals surface area (Å²) in [7, 11) is 2.88. The van der Waals surface area contributed by atoms with Gasteiger partial charge in [0.25, 0.3) is 0 Å². The molecule has 11 heteroatoms. The fraction of sp³-hybridized carbons (Fsp3) is 0.238. The number of pyridine rings is 1. The third-order valence-electron chi connectivity index (χ3n) is 4.20. The van der Waals surface area contributed by atoms with Crippen LogP contribution in [-0.2, 0) is 17.5 Å². The fourth-order valence-corrected chi connectivity index (χ4v) is 3.34. The van der Waals surface area contributed by atoms with Crippen LogP contribution in [0, 0.1) is 0 Å². The van der Waals surface area contributed by atoms with Gasteiger partial charge in [0.2, 0.25) is 5.91 Å². The van der Waals surface area contributed by atoms with E-state index in [1.807, 2.05) is 0 Å². The van der Waals surface area contributed by atoms with E-state index < -0.39 is 11.9 Å². The summed E-state index contributed by atoms with van der Waals surface area (Å²) < 4.78 is 50.6. The van der Waals surface area contributed by atoms with Crippen LogP contribution in [0.3, 0.4) is 0 Å². The number of hydrogen-bond acceptors (Lipinski definition) is 7. The zero-order chi connectivity index (χ0) is 23.1. The number of rotatable bonds is 8. The van der Waals surface area contributed by atoms with Gasteiger partial charge in [-0.3, -0.25) is 9.78 Å². The van der Waals surface area contributed by atoms with E-state index in [9.17, 15) is 18.0 Å². The van der Waals surface area contributed by atoms with E-state index >= 15 is 0 Å². The molecule has 2 aromatic heterocycles. The monoisotopic (exact) mass is 464 g/mol. The largest absolute Gasteiger partial charge is 0.493 e. The summed E-state index contributed by atoms with van der Waals surface area (Å²) in [4.78, 5) is 24.0. The van der Waals surface area contributed by atoms with Gasteiger partial charge < -0.3 is 14.8 Å². The molecule has 7 nitrogen and oxygen atoms in total. The molecule has 0 aliphatic carbocycles. The van der Waals surface area contributed by atoms with E-state index in [0.717, 1.165) is 17.8 Å². The minimum Gasteiger partial charge on any atom is -0.493 e. The molecule has 0 spiro atoms. The number of nitrogens with one attached hydrogen (secondary N) is 1. The number of methoxy groups -OCH3 is 2. The highest BCUT2D eigenvalue weighted by Gasteiger charge is 2.34. The number of aromatic nitrogens is 3. The Kier molecular flexibility index (Phi) is 7.52. The lowest BCUT2D eigenvalue weighted by Gasteiger charge is -2.12. The highest BCUT2D eigenvalue weighted by Crippen LogP contribution is 2.35. The van der Waals surface area contributed by atoms with Crippen molar-refractivity contribution >= 4 is 17.7 Å². The second kappa shape index (κ2) is 10.3. The summed E-state index contributed by atoms with van der Waals surface area (Å²) in [6.07, 6.45) is -3.08. The molecule has 0 fully saturated rings. The Labute approximate surface area is 186 Å². The van der Waals surface area contributed by atoms with Crippen LogP contribution >= 0.6 is 11.8 Å². The molecule has 0 atom stereocenters. The van der Waals surface area contributed by atoms with Crippen molar-refractivity contribution in [2.45, 2.75) is 17.9 Å². The third kappa shape index (κ3) is 6.10. The number of ether oxygens (including phenoxy) is 2. The third-order valence-corrected chi connectivity index (χ3v) is 5.05. The smallest absolute Gasteiger partial charge is 0.433 e. The first kappa shape index (κ1) is 23.3. The molecule has 0 bridgehead atoms. The second-order valence-corrected chi connectivity index (χ2v) is 7.32. The number of hydrogen-bond donors (Lipinski definition) is 1. The first-order valence-corrected chi connectivity index (χ1v) is 10.3. The Morgan fingerprint density at radius 2 is 1.84 bits per heavy atom. The molecule has 0 aliphatic rings. The van der Waals surface area contributed by atoms with Crippen LogP contribution in [0.2, 0.25) is 0 Å². The zero-order valence-corrected chi connectivity index (χ0v) is 18.0. The number of halogens is 3. The highest BCUT2D eigenvalue weighted by molar-refractivity contribution is 7.99. The highest BCUT2D eigenvalue weighted by atomic mass is 32.2. The number of carbonyl (C=O) groups is 1. The SMILES string of the molecule is COc1ccc(-c2cc(C(F)(F)F)nc(SCC(=O)NCc3ccccn3)n2)cc1OC. The average Bonchev–Trinajstić information content (AvgIpc) is 2.80. The van der Waals surface area contributed by atoms with Crippen molar-refractivity contribution in [2.75, 3.05) is 20.0 Å².